The van der Waals surface area contributed by atoms with Crippen molar-refractivity contribution in [3.8, 4) is 5.75 Å². The van der Waals surface area contributed by atoms with Crippen LogP contribution in [0, 0.1) is 0 Å². The maximum atomic E-state index is 12.5. The molecule has 1 saturated heterocycles. The van der Waals surface area contributed by atoms with Gasteiger partial charge in [-0.1, -0.05) is 12.1 Å². The van der Waals surface area contributed by atoms with Crippen molar-refractivity contribution in [1.29, 1.82) is 0 Å². The summed E-state index contributed by atoms with van der Waals surface area (Å²) in [6, 6.07) is 7.46. The topological polar surface area (TPSA) is 77.1 Å². The number of hydrogen-bond acceptors (Lipinski definition) is 5. The highest BCUT2D eigenvalue weighted by atomic mass is 16.6. The van der Waals surface area contributed by atoms with Crippen LogP contribution in [0.3, 0.4) is 0 Å². The number of benzene rings is 1. The molecule has 7 nitrogen and oxygen atoms in total. The second-order valence-corrected chi connectivity index (χ2v) is 7.24. The van der Waals surface area contributed by atoms with Crippen LogP contribution in [0.4, 0.5) is 4.79 Å². The third kappa shape index (κ3) is 6.55. The van der Waals surface area contributed by atoms with Crippen molar-refractivity contribution in [2.45, 2.75) is 38.9 Å². The van der Waals surface area contributed by atoms with E-state index in [1.165, 1.54) is 0 Å². The lowest BCUT2D eigenvalue weighted by atomic mass is 10.1. The first kappa shape index (κ1) is 20.0. The number of nitrogens with one attached hydrogen (secondary N) is 1. The van der Waals surface area contributed by atoms with Crippen LogP contribution in [-0.4, -0.2) is 62.0 Å². The Bertz CT molecular complexity index is 609. The average Bonchev–Trinajstić information content (AvgIpc) is 2.59. The second-order valence-electron chi connectivity index (χ2n) is 7.24. The van der Waals surface area contributed by atoms with Gasteiger partial charge in [0.25, 0.3) is 0 Å². The molecule has 1 atom stereocenters. The van der Waals surface area contributed by atoms with E-state index in [4.69, 9.17) is 14.2 Å². The third-order valence-corrected chi connectivity index (χ3v) is 3.88. The van der Waals surface area contributed by atoms with Crippen LogP contribution in [0.15, 0.2) is 24.3 Å². The molecule has 144 valence electrons. The van der Waals surface area contributed by atoms with E-state index in [1.807, 2.05) is 45.0 Å². The highest BCUT2D eigenvalue weighted by Gasteiger charge is 2.25. The standard InChI is InChI=1S/C19H28N2O5/c1-19(2,3)26-18(23)20-12-16-13-21(9-10-25-16)17(22)11-14-5-7-15(24-4)8-6-14/h5-8,16H,9-13H2,1-4H3,(H,20,23). The number of nitrogens with zero attached hydrogens (tertiary/aromatic N) is 1. The molecule has 1 aliphatic heterocycles. The number of methoxy groups -OCH3 is 1. The molecule has 2 amide bonds. The number of carbonyl (C=O) groups excluding carboxylic acids is 2. The van der Waals surface area contributed by atoms with E-state index in [-0.39, 0.29) is 12.0 Å². The summed E-state index contributed by atoms with van der Waals surface area (Å²) in [5.74, 6) is 0.807. The van der Waals surface area contributed by atoms with Gasteiger partial charge in [-0.25, -0.2) is 4.79 Å². The Balaban J connectivity index is 1.81. The Kier molecular flexibility index (Phi) is 6.85. The van der Waals surface area contributed by atoms with Gasteiger partial charge in [0, 0.05) is 19.6 Å². The van der Waals surface area contributed by atoms with E-state index in [0.717, 1.165) is 11.3 Å². The molecule has 1 heterocycles. The van der Waals surface area contributed by atoms with Crippen LogP contribution < -0.4 is 10.1 Å². The van der Waals surface area contributed by atoms with Crippen molar-refractivity contribution in [3.63, 3.8) is 0 Å². The fourth-order valence-corrected chi connectivity index (χ4v) is 2.61. The molecular formula is C19H28N2O5. The molecule has 0 saturated carbocycles. The van der Waals surface area contributed by atoms with Crippen molar-refractivity contribution in [2.24, 2.45) is 0 Å². The van der Waals surface area contributed by atoms with E-state index in [0.29, 0.717) is 32.7 Å². The van der Waals surface area contributed by atoms with Crippen molar-refractivity contribution in [2.75, 3.05) is 33.4 Å². The highest BCUT2D eigenvalue weighted by Crippen LogP contribution is 2.14. The number of rotatable bonds is 5. The van der Waals surface area contributed by atoms with Gasteiger partial charge in [-0.15, -0.1) is 0 Å². The molecule has 1 aromatic carbocycles. The molecule has 0 radical (unpaired) electrons. The number of ether oxygens (including phenoxy) is 3. The minimum atomic E-state index is -0.544. The molecule has 1 aromatic rings. The van der Waals surface area contributed by atoms with Crippen molar-refractivity contribution < 1.29 is 23.8 Å². The number of amides is 2. The molecule has 2 rings (SSSR count). The van der Waals surface area contributed by atoms with Crippen LogP contribution in [0.2, 0.25) is 0 Å². The average molecular weight is 364 g/mol. The van der Waals surface area contributed by atoms with E-state index < -0.39 is 11.7 Å². The van der Waals surface area contributed by atoms with Gasteiger partial charge < -0.3 is 24.4 Å². The summed E-state index contributed by atoms with van der Waals surface area (Å²) < 4.78 is 16.0. The fourth-order valence-electron chi connectivity index (χ4n) is 2.61. The molecule has 1 unspecified atom stereocenters. The van der Waals surface area contributed by atoms with E-state index in [9.17, 15) is 9.59 Å². The molecule has 1 N–H and O–H groups in total. The zero-order valence-corrected chi connectivity index (χ0v) is 15.9. The van der Waals surface area contributed by atoms with Gasteiger partial charge in [0.15, 0.2) is 0 Å². The molecular weight excluding hydrogens is 336 g/mol. The molecule has 1 fully saturated rings. The van der Waals surface area contributed by atoms with Crippen molar-refractivity contribution in [1.82, 2.24) is 10.2 Å². The molecule has 0 bridgehead atoms. The first-order chi connectivity index (χ1) is 12.3. The molecule has 0 aromatic heterocycles. The lowest BCUT2D eigenvalue weighted by molar-refractivity contribution is -0.137. The van der Waals surface area contributed by atoms with E-state index >= 15 is 0 Å². The second kappa shape index (κ2) is 8.89. The van der Waals surface area contributed by atoms with Crippen LogP contribution in [0.5, 0.6) is 5.75 Å². The molecule has 26 heavy (non-hydrogen) atoms. The number of alkyl carbamates (subject to hydrolysis) is 1. The molecule has 0 aliphatic carbocycles. The highest BCUT2D eigenvalue weighted by molar-refractivity contribution is 5.79. The summed E-state index contributed by atoms with van der Waals surface area (Å²) in [5, 5.41) is 2.69. The predicted octanol–water partition coefficient (Wildman–Crippen LogP) is 1.99. The summed E-state index contributed by atoms with van der Waals surface area (Å²) in [7, 11) is 1.61. The minimum Gasteiger partial charge on any atom is -0.497 e. The van der Waals surface area contributed by atoms with Gasteiger partial charge in [-0.2, -0.15) is 0 Å². The zero-order chi connectivity index (χ0) is 19.2. The summed E-state index contributed by atoms with van der Waals surface area (Å²) in [5.41, 5.74) is 0.392. The van der Waals surface area contributed by atoms with Gasteiger partial charge in [-0.05, 0) is 38.5 Å². The van der Waals surface area contributed by atoms with E-state index in [1.54, 1.807) is 12.0 Å². The smallest absolute Gasteiger partial charge is 0.407 e. The third-order valence-electron chi connectivity index (χ3n) is 3.88. The Morgan fingerprint density at radius 2 is 1.96 bits per heavy atom. The largest absolute Gasteiger partial charge is 0.497 e. The Hall–Kier alpha value is -2.28. The Labute approximate surface area is 154 Å². The maximum Gasteiger partial charge on any atom is 0.407 e. The lowest BCUT2D eigenvalue weighted by Crippen LogP contribution is -2.50. The van der Waals surface area contributed by atoms with E-state index in [2.05, 4.69) is 5.32 Å². The van der Waals surface area contributed by atoms with Gasteiger partial charge in [0.05, 0.1) is 26.2 Å². The van der Waals surface area contributed by atoms with Crippen LogP contribution in [0.1, 0.15) is 26.3 Å². The Morgan fingerprint density at radius 1 is 1.27 bits per heavy atom. The number of morpholine rings is 1. The SMILES string of the molecule is COc1ccc(CC(=O)N2CCOC(CNC(=O)OC(C)(C)C)C2)cc1. The molecule has 7 heteroatoms. The fraction of sp³-hybridized carbons (Fsp3) is 0.579. The number of carbonyl (C=O) groups is 2. The minimum absolute atomic E-state index is 0.0423. The quantitative estimate of drug-likeness (QED) is 0.865. The van der Waals surface area contributed by atoms with Crippen LogP contribution in [-0.2, 0) is 20.7 Å². The summed E-state index contributed by atoms with van der Waals surface area (Å²) in [6.07, 6.45) is -0.394. The van der Waals surface area contributed by atoms with Gasteiger partial charge in [0.2, 0.25) is 5.91 Å². The Morgan fingerprint density at radius 3 is 2.58 bits per heavy atom. The monoisotopic (exact) mass is 364 g/mol. The lowest BCUT2D eigenvalue weighted by Gasteiger charge is -2.33. The van der Waals surface area contributed by atoms with Crippen LogP contribution >= 0.6 is 0 Å². The summed E-state index contributed by atoms with van der Waals surface area (Å²) >= 11 is 0. The summed E-state index contributed by atoms with van der Waals surface area (Å²) in [6.45, 7) is 7.19. The zero-order valence-electron chi connectivity index (χ0n) is 15.9. The van der Waals surface area contributed by atoms with Crippen molar-refractivity contribution >= 4 is 12.0 Å². The van der Waals surface area contributed by atoms with Gasteiger partial charge in [0.1, 0.15) is 11.4 Å². The summed E-state index contributed by atoms with van der Waals surface area (Å²) in [4.78, 5) is 26.0. The number of hydrogen-bond donors (Lipinski definition) is 1. The normalized spacial score (nSPS) is 17.5. The predicted molar refractivity (Wildman–Crippen MR) is 97.3 cm³/mol. The van der Waals surface area contributed by atoms with Gasteiger partial charge in [-0.3, -0.25) is 4.79 Å². The first-order valence-electron chi connectivity index (χ1n) is 8.76. The van der Waals surface area contributed by atoms with Crippen LogP contribution in [0.25, 0.3) is 0 Å². The molecule has 0 spiro atoms. The van der Waals surface area contributed by atoms with Crippen molar-refractivity contribution in [3.05, 3.63) is 29.8 Å². The molecule has 1 aliphatic rings. The van der Waals surface area contributed by atoms with Gasteiger partial charge >= 0.3 is 6.09 Å². The first-order valence-corrected chi connectivity index (χ1v) is 8.76. The maximum absolute atomic E-state index is 12.5.